The third-order valence-electron chi connectivity index (χ3n) is 12.1. The molecule has 0 aliphatic carbocycles. The largest absolute Gasteiger partial charge is 0.462 e. The van der Waals surface area contributed by atoms with Crippen molar-refractivity contribution in [3.63, 3.8) is 0 Å². The van der Waals surface area contributed by atoms with Gasteiger partial charge in [0.2, 0.25) is 0 Å². The molecule has 0 aromatic carbocycles. The van der Waals surface area contributed by atoms with Crippen LogP contribution in [0.2, 0.25) is 0 Å². The topological polar surface area (TPSA) is 78.9 Å². The second-order valence-corrected chi connectivity index (χ2v) is 18.8. The van der Waals surface area contributed by atoms with Crippen LogP contribution in [0.15, 0.2) is 85.1 Å². The molecule has 0 amide bonds. The summed E-state index contributed by atoms with van der Waals surface area (Å²) in [4.78, 5) is 38.1. The van der Waals surface area contributed by atoms with Gasteiger partial charge in [-0.1, -0.05) is 247 Å². The fourth-order valence-corrected chi connectivity index (χ4v) is 7.86. The van der Waals surface area contributed by atoms with E-state index in [-0.39, 0.29) is 37.5 Å². The first-order valence-corrected chi connectivity index (χ1v) is 28.6. The van der Waals surface area contributed by atoms with Crippen molar-refractivity contribution >= 4 is 17.9 Å². The first-order valence-electron chi connectivity index (χ1n) is 28.6. The van der Waals surface area contributed by atoms with E-state index in [4.69, 9.17) is 14.2 Å². The molecule has 0 N–H and O–H groups in total. The molecule has 6 heteroatoms. The van der Waals surface area contributed by atoms with Crippen molar-refractivity contribution in [2.45, 2.75) is 277 Å². The van der Waals surface area contributed by atoms with Gasteiger partial charge in [0.1, 0.15) is 13.2 Å². The molecule has 68 heavy (non-hydrogen) atoms. The van der Waals surface area contributed by atoms with Crippen molar-refractivity contribution in [3.8, 4) is 0 Å². The summed E-state index contributed by atoms with van der Waals surface area (Å²) in [6, 6.07) is 0. The van der Waals surface area contributed by atoms with E-state index in [1.54, 1.807) is 0 Å². The molecule has 0 saturated carbocycles. The van der Waals surface area contributed by atoms with Gasteiger partial charge >= 0.3 is 17.9 Å². The number of unbranched alkanes of at least 4 members (excludes halogenated alkanes) is 26. The van der Waals surface area contributed by atoms with Gasteiger partial charge in [-0.25, -0.2) is 0 Å². The molecule has 0 aromatic rings. The highest BCUT2D eigenvalue weighted by atomic mass is 16.6. The van der Waals surface area contributed by atoms with Gasteiger partial charge in [-0.3, -0.25) is 14.4 Å². The molecule has 0 saturated heterocycles. The molecule has 0 heterocycles. The maximum Gasteiger partial charge on any atom is 0.306 e. The second-order valence-electron chi connectivity index (χ2n) is 18.8. The Balaban J connectivity index is 4.47. The van der Waals surface area contributed by atoms with Crippen LogP contribution in [0.1, 0.15) is 271 Å². The minimum atomic E-state index is -0.811. The van der Waals surface area contributed by atoms with E-state index in [1.165, 1.54) is 122 Å². The highest BCUT2D eigenvalue weighted by molar-refractivity contribution is 5.71. The molecule has 0 aromatic heterocycles. The molecule has 6 nitrogen and oxygen atoms in total. The van der Waals surface area contributed by atoms with Crippen LogP contribution < -0.4 is 0 Å². The van der Waals surface area contributed by atoms with Crippen molar-refractivity contribution in [3.05, 3.63) is 85.1 Å². The Hall–Kier alpha value is -3.41. The zero-order chi connectivity index (χ0) is 49.3. The maximum absolute atomic E-state index is 12.8. The van der Waals surface area contributed by atoms with Crippen LogP contribution >= 0.6 is 0 Å². The van der Waals surface area contributed by atoms with Crippen LogP contribution in [0.4, 0.5) is 0 Å². The maximum atomic E-state index is 12.8. The van der Waals surface area contributed by atoms with Gasteiger partial charge in [0, 0.05) is 19.3 Å². The Morgan fingerprint density at radius 2 is 0.588 bits per heavy atom. The number of carbonyl (C=O) groups is 3. The normalized spacial score (nSPS) is 12.7. The number of hydrogen-bond acceptors (Lipinski definition) is 6. The van der Waals surface area contributed by atoms with Gasteiger partial charge in [0.15, 0.2) is 6.10 Å². The Bertz CT molecular complexity index is 1320. The predicted octanol–water partition coefficient (Wildman–Crippen LogP) is 19.2. The van der Waals surface area contributed by atoms with E-state index in [1.807, 2.05) is 0 Å². The van der Waals surface area contributed by atoms with Crippen LogP contribution in [0.3, 0.4) is 0 Å². The first-order chi connectivity index (χ1) is 33.5. The highest BCUT2D eigenvalue weighted by Crippen LogP contribution is 2.16. The molecule has 0 aliphatic rings. The lowest BCUT2D eigenvalue weighted by Crippen LogP contribution is -2.30. The lowest BCUT2D eigenvalue weighted by atomic mass is 10.0. The number of carbonyl (C=O) groups excluding carboxylic acids is 3. The fraction of sp³-hybridized carbons (Fsp3) is 0.726. The fourth-order valence-electron chi connectivity index (χ4n) is 7.86. The Kier molecular flexibility index (Phi) is 53.4. The van der Waals surface area contributed by atoms with Crippen LogP contribution in [-0.4, -0.2) is 37.2 Å². The van der Waals surface area contributed by atoms with Crippen LogP contribution in [0.25, 0.3) is 0 Å². The zero-order valence-electron chi connectivity index (χ0n) is 44.6. The van der Waals surface area contributed by atoms with Crippen molar-refractivity contribution in [1.29, 1.82) is 0 Å². The lowest BCUT2D eigenvalue weighted by molar-refractivity contribution is -0.167. The van der Waals surface area contributed by atoms with E-state index in [0.29, 0.717) is 19.3 Å². The third-order valence-corrected chi connectivity index (χ3v) is 12.1. The molecular formula is C62H106O6. The SMILES string of the molecule is CC/C=C/C/C=C/C/C=C/CCCCCCCC(=O)OC[C@H](COC(=O)CCCCCCCCCCCCCCCCCCCC)OC(=O)CCC/C=C/C/C=C/C/C=C/C/C=C/CCCCC. The Morgan fingerprint density at radius 3 is 0.971 bits per heavy atom. The molecule has 1 atom stereocenters. The molecule has 0 unspecified atom stereocenters. The summed E-state index contributed by atoms with van der Waals surface area (Å²) in [6.07, 6.45) is 72.9. The molecule has 0 radical (unpaired) electrons. The molecule has 0 fully saturated rings. The van der Waals surface area contributed by atoms with E-state index < -0.39 is 6.10 Å². The minimum Gasteiger partial charge on any atom is -0.462 e. The van der Waals surface area contributed by atoms with Crippen molar-refractivity contribution < 1.29 is 28.6 Å². The van der Waals surface area contributed by atoms with Crippen molar-refractivity contribution in [2.75, 3.05) is 13.2 Å². The Labute approximate surface area is 420 Å². The Morgan fingerprint density at radius 1 is 0.309 bits per heavy atom. The van der Waals surface area contributed by atoms with Gasteiger partial charge in [-0.2, -0.15) is 0 Å². The average molecular weight is 948 g/mol. The van der Waals surface area contributed by atoms with Gasteiger partial charge in [0.05, 0.1) is 0 Å². The number of rotatable bonds is 51. The van der Waals surface area contributed by atoms with Crippen molar-refractivity contribution in [1.82, 2.24) is 0 Å². The molecule has 0 aliphatic heterocycles. The lowest BCUT2D eigenvalue weighted by Gasteiger charge is -2.18. The third kappa shape index (κ3) is 53.5. The first kappa shape index (κ1) is 64.6. The molecule has 0 rings (SSSR count). The average Bonchev–Trinajstić information content (AvgIpc) is 3.34. The molecule has 0 bridgehead atoms. The molecule has 390 valence electrons. The minimum absolute atomic E-state index is 0.102. The summed E-state index contributed by atoms with van der Waals surface area (Å²) in [5, 5.41) is 0. The molecular weight excluding hydrogens is 841 g/mol. The molecule has 0 spiro atoms. The smallest absolute Gasteiger partial charge is 0.306 e. The van der Waals surface area contributed by atoms with Gasteiger partial charge in [-0.05, 0) is 89.9 Å². The summed E-state index contributed by atoms with van der Waals surface area (Å²) in [6.45, 7) is 6.46. The summed E-state index contributed by atoms with van der Waals surface area (Å²) < 4.78 is 16.8. The van der Waals surface area contributed by atoms with E-state index in [0.717, 1.165) is 103 Å². The van der Waals surface area contributed by atoms with E-state index in [2.05, 4.69) is 106 Å². The summed E-state index contributed by atoms with van der Waals surface area (Å²) in [5.74, 6) is -0.970. The number of allylic oxidation sites excluding steroid dienone is 14. The van der Waals surface area contributed by atoms with E-state index >= 15 is 0 Å². The number of ether oxygens (including phenoxy) is 3. The zero-order valence-corrected chi connectivity index (χ0v) is 44.6. The second kappa shape index (κ2) is 56.2. The van der Waals surface area contributed by atoms with Gasteiger partial charge < -0.3 is 14.2 Å². The number of hydrogen-bond donors (Lipinski definition) is 0. The predicted molar refractivity (Wildman–Crippen MR) is 293 cm³/mol. The summed E-state index contributed by atoms with van der Waals surface area (Å²) >= 11 is 0. The number of esters is 3. The standard InChI is InChI=1S/C62H106O6/c1-4-7-10-13-16-19-22-25-28-30-32-34-37-40-43-46-49-52-55-61(64)67-58-59(57-66-60(63)54-51-48-45-42-39-36-33-27-24-21-18-15-12-9-6-3)68-62(65)56-53-50-47-44-41-38-35-31-29-26-23-20-17-14-11-8-5-2/h9,12,17-18,20-21,26-27,29,33,35,38,44,47,59H,4-8,10-11,13-16,19,22-25,28,30-32,34,36-37,39-43,45-46,48-58H2,1-3H3/b12-9+,20-17+,21-18+,29-26+,33-27+,38-35+,47-44+/t59-/m1/s1. The van der Waals surface area contributed by atoms with Gasteiger partial charge in [-0.15, -0.1) is 0 Å². The highest BCUT2D eigenvalue weighted by Gasteiger charge is 2.19. The van der Waals surface area contributed by atoms with Crippen LogP contribution in [0.5, 0.6) is 0 Å². The quantitative estimate of drug-likeness (QED) is 0.0262. The van der Waals surface area contributed by atoms with Crippen LogP contribution in [-0.2, 0) is 28.6 Å². The summed E-state index contributed by atoms with van der Waals surface area (Å²) in [5.41, 5.74) is 0. The monoisotopic (exact) mass is 947 g/mol. The summed E-state index contributed by atoms with van der Waals surface area (Å²) in [7, 11) is 0. The van der Waals surface area contributed by atoms with Gasteiger partial charge in [0.25, 0.3) is 0 Å². The van der Waals surface area contributed by atoms with E-state index in [9.17, 15) is 14.4 Å². The van der Waals surface area contributed by atoms with Crippen molar-refractivity contribution in [2.24, 2.45) is 0 Å². The van der Waals surface area contributed by atoms with Crippen LogP contribution in [0, 0.1) is 0 Å².